The van der Waals surface area contributed by atoms with Crippen LogP contribution in [-0.4, -0.2) is 36.2 Å². The van der Waals surface area contributed by atoms with Gasteiger partial charge in [0, 0.05) is 18.3 Å². The molecule has 0 aromatic carbocycles. The van der Waals surface area contributed by atoms with E-state index in [4.69, 9.17) is 0 Å². The van der Waals surface area contributed by atoms with E-state index >= 15 is 0 Å². The molecule has 0 radical (unpaired) electrons. The number of methoxy groups -OCH3 is 1. The molecule has 6 heteroatoms. The summed E-state index contributed by atoms with van der Waals surface area (Å²) in [5, 5.41) is 2.54. The van der Waals surface area contributed by atoms with Crippen molar-refractivity contribution in [1.29, 1.82) is 0 Å². The maximum Gasteiger partial charge on any atom is 0.330 e. The summed E-state index contributed by atoms with van der Waals surface area (Å²) in [4.78, 5) is 22.5. The molecule has 0 saturated heterocycles. The van der Waals surface area contributed by atoms with E-state index in [0.717, 1.165) is 11.4 Å². The van der Waals surface area contributed by atoms with Gasteiger partial charge in [-0.3, -0.25) is 9.47 Å². The smallest absolute Gasteiger partial charge is 0.330 e. The predicted molar refractivity (Wildman–Crippen MR) is 67.8 cm³/mol. The highest BCUT2D eigenvalue weighted by atomic mass is 16.5. The van der Waals surface area contributed by atoms with E-state index in [1.165, 1.54) is 14.0 Å². The van der Waals surface area contributed by atoms with Crippen LogP contribution in [0.15, 0.2) is 12.1 Å². The molecule has 0 aliphatic heterocycles. The van der Waals surface area contributed by atoms with Crippen molar-refractivity contribution in [2.45, 2.75) is 26.8 Å². The van der Waals surface area contributed by atoms with Crippen molar-refractivity contribution >= 4 is 11.9 Å². The van der Waals surface area contributed by atoms with Crippen LogP contribution in [0.25, 0.3) is 0 Å². The zero-order chi connectivity index (χ0) is 13.7. The van der Waals surface area contributed by atoms with Crippen LogP contribution in [0.3, 0.4) is 0 Å². The molecule has 0 aliphatic carbocycles. The maximum absolute atomic E-state index is 11.5. The topological polar surface area (TPSA) is 72.4 Å². The fourth-order valence-corrected chi connectivity index (χ4v) is 1.68. The summed E-state index contributed by atoms with van der Waals surface area (Å²) in [6.07, 6.45) is 0. The van der Waals surface area contributed by atoms with Crippen LogP contribution in [0.1, 0.15) is 18.3 Å². The van der Waals surface area contributed by atoms with Crippen LogP contribution in [0, 0.1) is 13.8 Å². The number of hydrogen-bond donors (Lipinski definition) is 2. The number of ether oxygens (including phenoxy) is 1. The van der Waals surface area contributed by atoms with E-state index in [1.54, 1.807) is 0 Å². The van der Waals surface area contributed by atoms with Gasteiger partial charge in [-0.2, -0.15) is 0 Å². The largest absolute Gasteiger partial charge is 0.467 e. The van der Waals surface area contributed by atoms with Crippen LogP contribution in [0.2, 0.25) is 0 Å². The number of nitrogens with zero attached hydrogens (tertiary/aromatic N) is 1. The summed E-state index contributed by atoms with van der Waals surface area (Å²) in [6, 6.07) is 3.23. The SMILES string of the molecule is COC(=O)C(CNn1c(C)ccc1C)NC(C)=O. The molecule has 1 amide bonds. The molecule has 1 heterocycles. The van der Waals surface area contributed by atoms with E-state index in [0.29, 0.717) is 0 Å². The first-order valence-electron chi connectivity index (χ1n) is 5.69. The Morgan fingerprint density at radius 1 is 1.33 bits per heavy atom. The molecule has 1 aromatic heterocycles. The molecule has 0 fully saturated rings. The zero-order valence-electron chi connectivity index (χ0n) is 11.1. The van der Waals surface area contributed by atoms with Gasteiger partial charge in [0.15, 0.2) is 0 Å². The molecular formula is C12H19N3O3. The number of rotatable bonds is 5. The van der Waals surface area contributed by atoms with Crippen LogP contribution >= 0.6 is 0 Å². The molecule has 6 nitrogen and oxygen atoms in total. The zero-order valence-corrected chi connectivity index (χ0v) is 11.1. The molecule has 18 heavy (non-hydrogen) atoms. The number of carbonyl (C=O) groups is 2. The minimum Gasteiger partial charge on any atom is -0.467 e. The summed E-state index contributed by atoms with van der Waals surface area (Å²) in [6.45, 7) is 5.53. The Morgan fingerprint density at radius 3 is 2.33 bits per heavy atom. The first-order valence-corrected chi connectivity index (χ1v) is 5.69. The van der Waals surface area contributed by atoms with Crippen molar-refractivity contribution in [3.8, 4) is 0 Å². The Morgan fingerprint density at radius 2 is 1.89 bits per heavy atom. The maximum atomic E-state index is 11.5. The number of esters is 1. The van der Waals surface area contributed by atoms with E-state index in [-0.39, 0.29) is 12.5 Å². The van der Waals surface area contributed by atoms with Crippen LogP contribution in [0.4, 0.5) is 0 Å². The third-order valence-electron chi connectivity index (χ3n) is 2.59. The lowest BCUT2D eigenvalue weighted by Crippen LogP contribution is -2.46. The van der Waals surface area contributed by atoms with Crippen LogP contribution < -0.4 is 10.7 Å². The number of amides is 1. The standard InChI is InChI=1S/C12H19N3O3/c1-8-5-6-9(2)15(8)13-7-11(12(17)18-4)14-10(3)16/h5-6,11,13H,7H2,1-4H3,(H,14,16). The summed E-state index contributed by atoms with van der Waals surface area (Å²) in [7, 11) is 1.29. The van der Waals surface area contributed by atoms with Crippen LogP contribution in [0.5, 0.6) is 0 Å². The predicted octanol–water partition coefficient (Wildman–Crippen LogP) is 0.326. The number of nitrogens with one attached hydrogen (secondary N) is 2. The van der Waals surface area contributed by atoms with Gasteiger partial charge in [0.25, 0.3) is 0 Å². The van der Waals surface area contributed by atoms with E-state index in [1.807, 2.05) is 30.7 Å². The molecule has 0 bridgehead atoms. The lowest BCUT2D eigenvalue weighted by atomic mass is 10.3. The Kier molecular flexibility index (Phi) is 4.76. The summed E-state index contributed by atoms with van der Waals surface area (Å²) in [5.41, 5.74) is 5.14. The Labute approximate surface area is 106 Å². The molecule has 0 saturated carbocycles. The van der Waals surface area contributed by atoms with Gasteiger partial charge in [0.1, 0.15) is 6.04 Å². The van der Waals surface area contributed by atoms with E-state index < -0.39 is 12.0 Å². The summed E-state index contributed by atoms with van der Waals surface area (Å²) in [5.74, 6) is -0.742. The minimum absolute atomic E-state index is 0.266. The van der Waals surface area contributed by atoms with Gasteiger partial charge in [-0.15, -0.1) is 0 Å². The van der Waals surface area contributed by atoms with Crippen molar-refractivity contribution in [3.63, 3.8) is 0 Å². The Hall–Kier alpha value is -1.98. The van der Waals surface area contributed by atoms with Crippen molar-refractivity contribution in [3.05, 3.63) is 23.5 Å². The number of aromatic nitrogens is 1. The molecule has 2 N–H and O–H groups in total. The van der Waals surface area contributed by atoms with E-state index in [9.17, 15) is 9.59 Å². The lowest BCUT2D eigenvalue weighted by molar-refractivity contribution is -0.144. The van der Waals surface area contributed by atoms with E-state index in [2.05, 4.69) is 15.5 Å². The third-order valence-corrected chi connectivity index (χ3v) is 2.59. The fraction of sp³-hybridized carbons (Fsp3) is 0.500. The highest BCUT2D eigenvalue weighted by molar-refractivity contribution is 5.83. The monoisotopic (exact) mass is 253 g/mol. The Bertz CT molecular complexity index is 420. The molecule has 0 spiro atoms. The molecule has 1 rings (SSSR count). The molecule has 1 atom stereocenters. The Balaban J connectivity index is 2.67. The average molecular weight is 253 g/mol. The van der Waals surface area contributed by atoms with Gasteiger partial charge in [-0.1, -0.05) is 0 Å². The molecule has 0 aliphatic rings. The third kappa shape index (κ3) is 3.51. The van der Waals surface area contributed by atoms with Crippen molar-refractivity contribution in [1.82, 2.24) is 9.99 Å². The molecule has 1 aromatic rings. The number of hydrogen-bond acceptors (Lipinski definition) is 4. The van der Waals surface area contributed by atoms with Crippen molar-refractivity contribution in [2.75, 3.05) is 19.1 Å². The first kappa shape index (κ1) is 14.1. The normalized spacial score (nSPS) is 11.8. The average Bonchev–Trinajstić information content (AvgIpc) is 2.63. The molecule has 1 unspecified atom stereocenters. The summed E-state index contributed by atoms with van der Waals surface area (Å²) < 4.78 is 6.50. The van der Waals surface area contributed by atoms with Crippen molar-refractivity contribution < 1.29 is 14.3 Å². The minimum atomic E-state index is -0.700. The second-order valence-electron chi connectivity index (χ2n) is 4.09. The van der Waals surface area contributed by atoms with Crippen LogP contribution in [-0.2, 0) is 14.3 Å². The van der Waals surface area contributed by atoms with Gasteiger partial charge in [0.05, 0.1) is 13.7 Å². The summed E-state index contributed by atoms with van der Waals surface area (Å²) >= 11 is 0. The quantitative estimate of drug-likeness (QED) is 0.742. The lowest BCUT2D eigenvalue weighted by Gasteiger charge is -2.19. The molecular weight excluding hydrogens is 234 g/mol. The van der Waals surface area contributed by atoms with Crippen molar-refractivity contribution in [2.24, 2.45) is 0 Å². The molecule has 100 valence electrons. The first-order chi connectivity index (χ1) is 8.45. The fourth-order valence-electron chi connectivity index (χ4n) is 1.68. The second-order valence-corrected chi connectivity index (χ2v) is 4.09. The number of aryl methyl sites for hydroxylation is 2. The van der Waals surface area contributed by atoms with Gasteiger partial charge in [-0.25, -0.2) is 4.79 Å². The van der Waals surface area contributed by atoms with Gasteiger partial charge in [-0.05, 0) is 26.0 Å². The van der Waals surface area contributed by atoms with Gasteiger partial charge in [0.2, 0.25) is 5.91 Å². The van der Waals surface area contributed by atoms with Gasteiger partial charge >= 0.3 is 5.97 Å². The highest BCUT2D eigenvalue weighted by Gasteiger charge is 2.20. The number of carbonyl (C=O) groups excluding carboxylic acids is 2. The highest BCUT2D eigenvalue weighted by Crippen LogP contribution is 2.04. The second kappa shape index (κ2) is 6.09. The van der Waals surface area contributed by atoms with Gasteiger partial charge < -0.3 is 15.5 Å².